The van der Waals surface area contributed by atoms with Crippen LogP contribution in [0.5, 0.6) is 0 Å². The van der Waals surface area contributed by atoms with Crippen molar-refractivity contribution >= 4 is 17.3 Å². The Hall–Kier alpha value is -2.66. The molecule has 3 N–H and O–H groups in total. The average molecular weight is 275 g/mol. The van der Waals surface area contributed by atoms with E-state index in [1.807, 2.05) is 0 Å². The number of hydrogen-bond donors (Lipinski definition) is 2. The summed E-state index contributed by atoms with van der Waals surface area (Å²) < 4.78 is 0. The normalized spacial score (nSPS) is 18.4. The molecule has 0 spiro atoms. The molecule has 1 fully saturated rings. The predicted molar refractivity (Wildman–Crippen MR) is 71.0 cm³/mol. The molecule has 1 aromatic rings. The lowest BCUT2D eigenvalue weighted by Crippen LogP contribution is -2.57. The largest absolute Gasteiger partial charge is 0.368 e. The van der Waals surface area contributed by atoms with Gasteiger partial charge in [-0.2, -0.15) is 5.26 Å². The van der Waals surface area contributed by atoms with E-state index in [0.717, 1.165) is 0 Å². The van der Waals surface area contributed by atoms with Crippen molar-refractivity contribution in [3.63, 3.8) is 0 Å². The van der Waals surface area contributed by atoms with E-state index in [1.54, 1.807) is 11.0 Å². The molecule has 0 aliphatic carbocycles. The quantitative estimate of drug-likeness (QED) is 0.577. The first-order valence-electron chi connectivity index (χ1n) is 6.00. The smallest absolute Gasteiger partial charge is 0.287 e. The number of anilines is 1. The highest BCUT2D eigenvalue weighted by molar-refractivity contribution is 5.84. The summed E-state index contributed by atoms with van der Waals surface area (Å²) in [4.78, 5) is 23.4. The van der Waals surface area contributed by atoms with Gasteiger partial charge in [-0.05, 0) is 12.1 Å². The Morgan fingerprint density at radius 3 is 2.95 bits per heavy atom. The minimum Gasteiger partial charge on any atom is -0.368 e. The van der Waals surface area contributed by atoms with Gasteiger partial charge in [0, 0.05) is 31.4 Å². The van der Waals surface area contributed by atoms with Crippen molar-refractivity contribution in [3.8, 4) is 6.07 Å². The highest BCUT2D eigenvalue weighted by Gasteiger charge is 2.28. The average Bonchev–Trinajstić information content (AvgIpc) is 2.46. The van der Waals surface area contributed by atoms with Crippen molar-refractivity contribution in [1.82, 2.24) is 5.32 Å². The van der Waals surface area contributed by atoms with E-state index >= 15 is 0 Å². The lowest BCUT2D eigenvalue weighted by atomic mass is 10.1. The highest BCUT2D eigenvalue weighted by atomic mass is 16.6. The zero-order chi connectivity index (χ0) is 14.7. The van der Waals surface area contributed by atoms with E-state index in [-0.39, 0.29) is 11.3 Å². The second kappa shape index (κ2) is 5.54. The Morgan fingerprint density at radius 1 is 1.60 bits per heavy atom. The van der Waals surface area contributed by atoms with Crippen LogP contribution in [0.15, 0.2) is 18.2 Å². The van der Waals surface area contributed by atoms with Gasteiger partial charge in [0.25, 0.3) is 5.69 Å². The molecule has 104 valence electrons. The minimum absolute atomic E-state index is 0.0331. The van der Waals surface area contributed by atoms with Crippen LogP contribution in [-0.2, 0) is 4.79 Å². The summed E-state index contributed by atoms with van der Waals surface area (Å²) in [6.07, 6.45) is 0. The Kier molecular flexibility index (Phi) is 3.81. The molecule has 1 atom stereocenters. The van der Waals surface area contributed by atoms with Gasteiger partial charge in [-0.25, -0.2) is 0 Å². The van der Waals surface area contributed by atoms with Crippen molar-refractivity contribution in [3.05, 3.63) is 33.9 Å². The monoisotopic (exact) mass is 275 g/mol. The number of nitrogens with zero attached hydrogens (tertiary/aromatic N) is 3. The SMILES string of the molecule is N#Cc1cc(N2CCNCC2C(N)=O)ccc1[N+](=O)[O-]. The van der Waals surface area contributed by atoms with E-state index < -0.39 is 16.9 Å². The number of carbonyl (C=O) groups is 1. The lowest BCUT2D eigenvalue weighted by molar-refractivity contribution is -0.385. The number of rotatable bonds is 3. The van der Waals surface area contributed by atoms with Gasteiger partial charge in [0.15, 0.2) is 0 Å². The molecular formula is C12H13N5O3. The second-order valence-corrected chi connectivity index (χ2v) is 4.39. The van der Waals surface area contributed by atoms with Gasteiger partial charge in [0.1, 0.15) is 17.7 Å². The fraction of sp³-hybridized carbons (Fsp3) is 0.333. The number of primary amides is 1. The first-order valence-corrected chi connectivity index (χ1v) is 6.00. The van der Waals surface area contributed by atoms with Gasteiger partial charge >= 0.3 is 0 Å². The summed E-state index contributed by atoms with van der Waals surface area (Å²) in [5, 5.41) is 22.8. The zero-order valence-electron chi connectivity index (χ0n) is 10.6. The van der Waals surface area contributed by atoms with Crippen LogP contribution in [0.3, 0.4) is 0 Å². The van der Waals surface area contributed by atoms with E-state index in [4.69, 9.17) is 11.0 Å². The Labute approximate surface area is 114 Å². The van der Waals surface area contributed by atoms with Gasteiger partial charge < -0.3 is 16.0 Å². The van der Waals surface area contributed by atoms with Crippen LogP contribution in [0.25, 0.3) is 0 Å². The minimum atomic E-state index is -0.605. The maximum atomic E-state index is 11.4. The van der Waals surface area contributed by atoms with E-state index in [1.165, 1.54) is 18.2 Å². The number of amides is 1. The third-order valence-electron chi connectivity index (χ3n) is 3.20. The van der Waals surface area contributed by atoms with Crippen LogP contribution in [0, 0.1) is 21.4 Å². The van der Waals surface area contributed by atoms with Gasteiger partial charge in [-0.15, -0.1) is 0 Å². The molecule has 1 aliphatic heterocycles. The van der Waals surface area contributed by atoms with Crippen LogP contribution in [0.2, 0.25) is 0 Å². The summed E-state index contributed by atoms with van der Waals surface area (Å²) in [5.41, 5.74) is 5.65. The number of hydrogen-bond acceptors (Lipinski definition) is 6. The molecule has 1 aliphatic rings. The number of benzene rings is 1. The molecule has 8 nitrogen and oxygen atoms in total. The molecule has 0 saturated carbocycles. The van der Waals surface area contributed by atoms with Crippen LogP contribution >= 0.6 is 0 Å². The van der Waals surface area contributed by atoms with Crippen molar-refractivity contribution in [2.24, 2.45) is 5.73 Å². The molecule has 8 heteroatoms. The number of nitro groups is 1. The van der Waals surface area contributed by atoms with E-state index in [9.17, 15) is 14.9 Å². The van der Waals surface area contributed by atoms with Crippen LogP contribution in [0.1, 0.15) is 5.56 Å². The van der Waals surface area contributed by atoms with Crippen molar-refractivity contribution < 1.29 is 9.72 Å². The number of nitro benzene ring substituents is 1. The summed E-state index contributed by atoms with van der Waals surface area (Å²) in [6, 6.07) is 5.49. The Bertz CT molecular complexity index is 595. The van der Waals surface area contributed by atoms with Crippen molar-refractivity contribution in [2.75, 3.05) is 24.5 Å². The summed E-state index contributed by atoms with van der Waals surface area (Å²) >= 11 is 0. The maximum Gasteiger partial charge on any atom is 0.287 e. The van der Waals surface area contributed by atoms with Crippen LogP contribution in [0.4, 0.5) is 11.4 Å². The third kappa shape index (κ3) is 2.53. The van der Waals surface area contributed by atoms with Gasteiger partial charge in [-0.1, -0.05) is 0 Å². The van der Waals surface area contributed by atoms with Crippen LogP contribution < -0.4 is 16.0 Å². The van der Waals surface area contributed by atoms with Crippen LogP contribution in [-0.4, -0.2) is 36.5 Å². The number of nitrogens with two attached hydrogens (primary N) is 1. The fourth-order valence-corrected chi connectivity index (χ4v) is 2.22. The number of nitrogens with one attached hydrogen (secondary N) is 1. The summed E-state index contributed by atoms with van der Waals surface area (Å²) in [5.74, 6) is -0.478. The molecule has 0 bridgehead atoms. The summed E-state index contributed by atoms with van der Waals surface area (Å²) in [6.45, 7) is 1.62. The van der Waals surface area contributed by atoms with Gasteiger partial charge in [0.05, 0.1) is 4.92 Å². The molecule has 1 saturated heterocycles. The first-order chi connectivity index (χ1) is 9.54. The molecule has 1 heterocycles. The molecule has 1 amide bonds. The number of nitriles is 1. The van der Waals surface area contributed by atoms with Gasteiger partial charge in [0.2, 0.25) is 5.91 Å². The topological polar surface area (TPSA) is 125 Å². The molecular weight excluding hydrogens is 262 g/mol. The van der Waals surface area contributed by atoms with Crippen molar-refractivity contribution in [2.45, 2.75) is 6.04 Å². The number of piperazine rings is 1. The number of carbonyl (C=O) groups excluding carboxylic acids is 1. The third-order valence-corrected chi connectivity index (χ3v) is 3.20. The highest BCUT2D eigenvalue weighted by Crippen LogP contribution is 2.26. The Morgan fingerprint density at radius 2 is 2.35 bits per heavy atom. The molecule has 20 heavy (non-hydrogen) atoms. The predicted octanol–water partition coefficient (Wildman–Crippen LogP) is -0.270. The first kappa shape index (κ1) is 13.8. The molecule has 1 unspecified atom stereocenters. The second-order valence-electron chi connectivity index (χ2n) is 4.39. The summed E-state index contributed by atoms with van der Waals surface area (Å²) in [7, 11) is 0. The Balaban J connectivity index is 2.39. The fourth-order valence-electron chi connectivity index (χ4n) is 2.22. The standard InChI is InChI=1S/C12H13N5O3/c13-6-8-5-9(1-2-10(8)17(19)20)16-4-3-15-7-11(16)12(14)18/h1-2,5,11,15H,3-4,7H2,(H2,14,18). The van der Waals surface area contributed by atoms with Crippen molar-refractivity contribution in [1.29, 1.82) is 5.26 Å². The van der Waals surface area contributed by atoms with E-state index in [2.05, 4.69) is 5.32 Å². The molecule has 0 radical (unpaired) electrons. The van der Waals surface area contributed by atoms with E-state index in [0.29, 0.717) is 25.3 Å². The molecule has 0 aromatic heterocycles. The zero-order valence-corrected chi connectivity index (χ0v) is 10.6. The molecule has 1 aromatic carbocycles. The molecule has 2 rings (SSSR count). The maximum absolute atomic E-state index is 11.4. The van der Waals surface area contributed by atoms with Gasteiger partial charge in [-0.3, -0.25) is 14.9 Å². The lowest BCUT2D eigenvalue weighted by Gasteiger charge is -2.36.